The molecule has 0 radical (unpaired) electrons. The molecule has 3 N–H and O–H groups in total. The molecule has 0 aliphatic rings. The molecule has 1 aromatic rings. The third-order valence-corrected chi connectivity index (χ3v) is 3.31. The fraction of sp³-hybridized carbons (Fsp3) is 0.500. The Morgan fingerprint density at radius 2 is 1.83 bits per heavy atom. The van der Waals surface area contributed by atoms with Crippen molar-refractivity contribution in [1.29, 1.82) is 0 Å². The van der Waals surface area contributed by atoms with Crippen molar-refractivity contribution < 1.29 is 18.3 Å². The summed E-state index contributed by atoms with van der Waals surface area (Å²) >= 11 is 3.04. The molecule has 0 aliphatic heterocycles. The number of alkyl halides is 3. The summed E-state index contributed by atoms with van der Waals surface area (Å²) in [7, 11) is 0. The second-order valence-electron chi connectivity index (χ2n) is 4.90. The third kappa shape index (κ3) is 3.46. The fourth-order valence-corrected chi connectivity index (χ4v) is 2.02. The molecule has 0 saturated carbocycles. The Kier molecular flexibility index (Phi) is 4.46. The van der Waals surface area contributed by atoms with Crippen LogP contribution in [0.1, 0.15) is 31.0 Å². The number of hydrogen-bond donors (Lipinski definition) is 2. The van der Waals surface area contributed by atoms with Gasteiger partial charge in [-0.15, -0.1) is 0 Å². The zero-order valence-corrected chi connectivity index (χ0v) is 11.6. The minimum Gasteiger partial charge on any atom is -0.396 e. The fourth-order valence-electron chi connectivity index (χ4n) is 1.51. The first-order valence-corrected chi connectivity index (χ1v) is 6.11. The number of rotatable bonds is 3. The van der Waals surface area contributed by atoms with E-state index in [-0.39, 0.29) is 6.61 Å². The maximum absolute atomic E-state index is 12.7. The van der Waals surface area contributed by atoms with Crippen molar-refractivity contribution in [3.8, 4) is 0 Å². The van der Waals surface area contributed by atoms with Gasteiger partial charge < -0.3 is 10.8 Å². The Hall–Kier alpha value is -0.590. The standard InChI is InChI=1S/C12H15BrF3NO/c1-11(2,6-18)10(17)7-3-8(12(14,15)16)5-9(13)4-7/h3-5,10,18H,6,17H2,1-2H3/t10-/m0/s1. The topological polar surface area (TPSA) is 46.2 Å². The van der Waals surface area contributed by atoms with Gasteiger partial charge >= 0.3 is 6.18 Å². The van der Waals surface area contributed by atoms with Gasteiger partial charge in [-0.1, -0.05) is 29.8 Å². The molecule has 6 heteroatoms. The van der Waals surface area contributed by atoms with Gasteiger partial charge in [0.25, 0.3) is 0 Å². The highest BCUT2D eigenvalue weighted by Crippen LogP contribution is 2.37. The van der Waals surface area contributed by atoms with Gasteiger partial charge in [-0.25, -0.2) is 0 Å². The molecule has 1 rings (SSSR count). The van der Waals surface area contributed by atoms with Crippen molar-refractivity contribution in [2.75, 3.05) is 6.61 Å². The summed E-state index contributed by atoms with van der Waals surface area (Å²) in [5.41, 5.74) is 4.81. The number of aliphatic hydroxyl groups excluding tert-OH is 1. The van der Waals surface area contributed by atoms with E-state index in [1.807, 2.05) is 0 Å². The van der Waals surface area contributed by atoms with Gasteiger partial charge in [-0.3, -0.25) is 0 Å². The van der Waals surface area contributed by atoms with Crippen LogP contribution in [0.4, 0.5) is 13.2 Å². The first kappa shape index (κ1) is 15.5. The van der Waals surface area contributed by atoms with Crippen LogP contribution >= 0.6 is 15.9 Å². The van der Waals surface area contributed by atoms with E-state index in [9.17, 15) is 18.3 Å². The van der Waals surface area contributed by atoms with E-state index in [1.165, 1.54) is 6.07 Å². The summed E-state index contributed by atoms with van der Waals surface area (Å²) in [6.07, 6.45) is -4.42. The summed E-state index contributed by atoms with van der Waals surface area (Å²) in [5.74, 6) is 0. The van der Waals surface area contributed by atoms with E-state index >= 15 is 0 Å². The molecule has 102 valence electrons. The van der Waals surface area contributed by atoms with Gasteiger partial charge in [0.2, 0.25) is 0 Å². The van der Waals surface area contributed by atoms with Gasteiger partial charge in [0.1, 0.15) is 0 Å². The second kappa shape index (κ2) is 5.19. The number of hydrogen-bond acceptors (Lipinski definition) is 2. The van der Waals surface area contributed by atoms with E-state index in [0.29, 0.717) is 10.0 Å². The molecule has 0 saturated heterocycles. The molecule has 0 unspecified atom stereocenters. The van der Waals surface area contributed by atoms with Crippen LogP contribution in [0.3, 0.4) is 0 Å². The van der Waals surface area contributed by atoms with Crippen molar-refractivity contribution >= 4 is 15.9 Å². The van der Waals surface area contributed by atoms with Crippen LogP contribution in [-0.2, 0) is 6.18 Å². The highest BCUT2D eigenvalue weighted by Gasteiger charge is 2.33. The molecule has 2 nitrogen and oxygen atoms in total. The van der Waals surface area contributed by atoms with E-state index in [4.69, 9.17) is 5.73 Å². The lowest BCUT2D eigenvalue weighted by atomic mass is 9.81. The van der Waals surface area contributed by atoms with Gasteiger partial charge in [0.05, 0.1) is 5.56 Å². The second-order valence-corrected chi connectivity index (χ2v) is 5.81. The van der Waals surface area contributed by atoms with Crippen molar-refractivity contribution in [2.45, 2.75) is 26.1 Å². The van der Waals surface area contributed by atoms with Crippen molar-refractivity contribution in [1.82, 2.24) is 0 Å². The number of halogens is 4. The molecule has 1 atom stereocenters. The van der Waals surface area contributed by atoms with Crippen molar-refractivity contribution in [3.05, 3.63) is 33.8 Å². The van der Waals surface area contributed by atoms with Crippen LogP contribution in [-0.4, -0.2) is 11.7 Å². The molecule has 0 heterocycles. The molecule has 0 aliphatic carbocycles. The molecule has 0 fully saturated rings. The minimum absolute atomic E-state index is 0.206. The van der Waals surface area contributed by atoms with Crippen LogP contribution in [0.25, 0.3) is 0 Å². The normalized spacial score (nSPS) is 14.7. The van der Waals surface area contributed by atoms with Crippen molar-refractivity contribution in [2.24, 2.45) is 11.1 Å². The summed E-state index contributed by atoms with van der Waals surface area (Å²) in [6, 6.07) is 2.88. The molecule has 0 bridgehead atoms. The smallest absolute Gasteiger partial charge is 0.396 e. The average Bonchev–Trinajstić information content (AvgIpc) is 2.26. The molecule has 1 aromatic carbocycles. The highest BCUT2D eigenvalue weighted by molar-refractivity contribution is 9.10. The maximum Gasteiger partial charge on any atom is 0.416 e. The lowest BCUT2D eigenvalue weighted by Gasteiger charge is -2.30. The Morgan fingerprint density at radius 1 is 1.28 bits per heavy atom. The Labute approximate surface area is 112 Å². The molecular weight excluding hydrogens is 311 g/mol. The SMILES string of the molecule is CC(C)(CO)[C@@H](N)c1cc(Br)cc(C(F)(F)F)c1. The molecule has 18 heavy (non-hydrogen) atoms. The Balaban J connectivity index is 3.23. The molecule has 0 aromatic heterocycles. The monoisotopic (exact) mass is 325 g/mol. The van der Waals surface area contributed by atoms with Crippen LogP contribution in [0.2, 0.25) is 0 Å². The van der Waals surface area contributed by atoms with Gasteiger partial charge in [0, 0.05) is 22.5 Å². The summed E-state index contributed by atoms with van der Waals surface area (Å²) in [4.78, 5) is 0. The molecular formula is C12H15BrF3NO. The predicted molar refractivity (Wildman–Crippen MR) is 66.9 cm³/mol. The Bertz CT molecular complexity index is 432. The van der Waals surface area contributed by atoms with Gasteiger partial charge in [0.15, 0.2) is 0 Å². The number of nitrogens with two attached hydrogens (primary N) is 1. The number of benzene rings is 1. The highest BCUT2D eigenvalue weighted by atomic mass is 79.9. The minimum atomic E-state index is -4.42. The van der Waals surface area contributed by atoms with E-state index < -0.39 is 23.2 Å². The number of aliphatic hydroxyl groups is 1. The van der Waals surface area contributed by atoms with E-state index in [1.54, 1.807) is 13.8 Å². The lowest BCUT2D eigenvalue weighted by Crippen LogP contribution is -2.32. The largest absolute Gasteiger partial charge is 0.416 e. The summed E-state index contributed by atoms with van der Waals surface area (Å²) < 4.78 is 38.4. The first-order chi connectivity index (χ1) is 8.08. The predicted octanol–water partition coefficient (Wildman–Crippen LogP) is 3.49. The van der Waals surface area contributed by atoms with E-state index in [2.05, 4.69) is 15.9 Å². The lowest BCUT2D eigenvalue weighted by molar-refractivity contribution is -0.137. The van der Waals surface area contributed by atoms with Crippen molar-refractivity contribution in [3.63, 3.8) is 0 Å². The van der Waals surface area contributed by atoms with Crippen LogP contribution < -0.4 is 5.73 Å². The quantitative estimate of drug-likeness (QED) is 0.893. The van der Waals surface area contributed by atoms with Gasteiger partial charge in [-0.2, -0.15) is 13.2 Å². The van der Waals surface area contributed by atoms with Crippen LogP contribution in [0.5, 0.6) is 0 Å². The zero-order chi connectivity index (χ0) is 14.1. The van der Waals surface area contributed by atoms with Crippen LogP contribution in [0, 0.1) is 5.41 Å². The maximum atomic E-state index is 12.7. The third-order valence-electron chi connectivity index (χ3n) is 2.86. The zero-order valence-electron chi connectivity index (χ0n) is 10.1. The van der Waals surface area contributed by atoms with E-state index in [0.717, 1.165) is 12.1 Å². The summed E-state index contributed by atoms with van der Waals surface area (Å²) in [6.45, 7) is 3.19. The average molecular weight is 326 g/mol. The van der Waals surface area contributed by atoms with Gasteiger partial charge in [-0.05, 0) is 23.8 Å². The van der Waals surface area contributed by atoms with Crippen LogP contribution in [0.15, 0.2) is 22.7 Å². The molecule has 0 amide bonds. The summed E-state index contributed by atoms with van der Waals surface area (Å²) in [5, 5.41) is 9.21. The molecule has 0 spiro atoms. The Morgan fingerprint density at radius 3 is 2.28 bits per heavy atom. The first-order valence-electron chi connectivity index (χ1n) is 5.32.